The van der Waals surface area contributed by atoms with Crippen LogP contribution in [0.2, 0.25) is 0 Å². The minimum Gasteiger partial charge on any atom is -0.370 e. The molecule has 0 aromatic heterocycles. The van der Waals surface area contributed by atoms with E-state index in [2.05, 4.69) is 5.32 Å². The number of nitrogens with one attached hydrogen (secondary N) is 1. The van der Waals surface area contributed by atoms with Gasteiger partial charge in [-0.25, -0.2) is 0 Å². The molecule has 106 valence electrons. The van der Waals surface area contributed by atoms with Crippen molar-refractivity contribution in [3.8, 4) is 0 Å². The summed E-state index contributed by atoms with van der Waals surface area (Å²) in [6, 6.07) is 4.37. The Morgan fingerprint density at radius 1 is 1.37 bits per heavy atom. The normalized spacial score (nSPS) is 22.1. The highest BCUT2D eigenvalue weighted by molar-refractivity contribution is 5.41. The molecule has 0 saturated heterocycles. The highest BCUT2D eigenvalue weighted by Gasteiger charge is 2.41. The summed E-state index contributed by atoms with van der Waals surface area (Å²) in [5, 5.41) is 3.03. The Bertz CT molecular complexity index is 468. The van der Waals surface area contributed by atoms with E-state index in [0.717, 1.165) is 11.6 Å². The van der Waals surface area contributed by atoms with Crippen LogP contribution in [-0.4, -0.2) is 19.2 Å². The van der Waals surface area contributed by atoms with Crippen LogP contribution < -0.4 is 5.32 Å². The first-order chi connectivity index (χ1) is 8.77. The van der Waals surface area contributed by atoms with Crippen molar-refractivity contribution in [2.24, 2.45) is 0 Å². The minimum atomic E-state index is -4.33. The molecular weight excluding hydrogens is 255 g/mol. The van der Waals surface area contributed by atoms with Crippen molar-refractivity contribution in [1.82, 2.24) is 5.32 Å². The molecule has 1 aliphatic rings. The van der Waals surface area contributed by atoms with Gasteiger partial charge >= 0.3 is 6.18 Å². The summed E-state index contributed by atoms with van der Waals surface area (Å²) in [6.07, 6.45) is -4.33. The van der Waals surface area contributed by atoms with E-state index in [1.54, 1.807) is 13.1 Å². The van der Waals surface area contributed by atoms with E-state index in [-0.39, 0.29) is 18.1 Å². The van der Waals surface area contributed by atoms with Gasteiger partial charge in [0.05, 0.1) is 17.8 Å². The quantitative estimate of drug-likeness (QED) is 0.892. The minimum absolute atomic E-state index is 0.0121. The molecule has 1 aromatic carbocycles. The monoisotopic (exact) mass is 273 g/mol. The molecule has 1 atom stereocenters. The van der Waals surface area contributed by atoms with Crippen LogP contribution >= 0.6 is 0 Å². The Morgan fingerprint density at radius 2 is 2.05 bits per heavy atom. The molecular formula is C14H18F3NO. The summed E-state index contributed by atoms with van der Waals surface area (Å²) in [4.78, 5) is 0. The predicted molar refractivity (Wildman–Crippen MR) is 67.0 cm³/mol. The lowest BCUT2D eigenvalue weighted by molar-refractivity contribution is -0.141. The van der Waals surface area contributed by atoms with E-state index in [9.17, 15) is 13.2 Å². The zero-order valence-electron chi connectivity index (χ0n) is 11.3. The van der Waals surface area contributed by atoms with Gasteiger partial charge in [0, 0.05) is 12.5 Å². The Kier molecular flexibility index (Phi) is 3.62. The molecule has 5 heteroatoms. The number of alkyl halides is 3. The number of rotatable bonds is 2. The van der Waals surface area contributed by atoms with Gasteiger partial charge in [-0.15, -0.1) is 0 Å². The van der Waals surface area contributed by atoms with Gasteiger partial charge in [0.15, 0.2) is 0 Å². The fraction of sp³-hybridized carbons (Fsp3) is 0.571. The van der Waals surface area contributed by atoms with Crippen molar-refractivity contribution in [2.75, 3.05) is 13.6 Å². The van der Waals surface area contributed by atoms with Crippen molar-refractivity contribution in [3.05, 3.63) is 34.9 Å². The van der Waals surface area contributed by atoms with E-state index >= 15 is 0 Å². The van der Waals surface area contributed by atoms with E-state index < -0.39 is 17.3 Å². The first-order valence-corrected chi connectivity index (χ1v) is 6.25. The molecule has 0 saturated carbocycles. The highest BCUT2D eigenvalue weighted by atomic mass is 19.4. The third-order valence-corrected chi connectivity index (χ3v) is 3.73. The van der Waals surface area contributed by atoms with Gasteiger partial charge in [0.25, 0.3) is 0 Å². The first-order valence-electron chi connectivity index (χ1n) is 6.25. The largest absolute Gasteiger partial charge is 0.416 e. The molecule has 0 spiro atoms. The molecule has 1 unspecified atom stereocenters. The summed E-state index contributed by atoms with van der Waals surface area (Å²) in [7, 11) is 1.79. The number of fused-ring (bicyclic) bond motifs is 1. The molecule has 0 fully saturated rings. The van der Waals surface area contributed by atoms with Crippen LogP contribution in [0.25, 0.3) is 0 Å². The van der Waals surface area contributed by atoms with E-state index in [4.69, 9.17) is 4.74 Å². The molecule has 1 aromatic rings. The second kappa shape index (κ2) is 4.80. The second-order valence-electron chi connectivity index (χ2n) is 5.37. The summed E-state index contributed by atoms with van der Waals surface area (Å²) < 4.78 is 44.7. The van der Waals surface area contributed by atoms with Crippen LogP contribution in [0.3, 0.4) is 0 Å². The maximum absolute atomic E-state index is 13.0. The number of ether oxygens (including phenoxy) is 1. The van der Waals surface area contributed by atoms with E-state index in [0.29, 0.717) is 6.54 Å². The lowest BCUT2D eigenvalue weighted by Crippen LogP contribution is -2.42. The molecule has 2 rings (SSSR count). The summed E-state index contributed by atoms with van der Waals surface area (Å²) in [5.41, 5.74) is -0.0446. The fourth-order valence-electron chi connectivity index (χ4n) is 2.65. The Morgan fingerprint density at radius 3 is 2.63 bits per heavy atom. The van der Waals surface area contributed by atoms with Crippen molar-refractivity contribution < 1.29 is 17.9 Å². The maximum Gasteiger partial charge on any atom is 0.416 e. The predicted octanol–water partition coefficient (Wildman–Crippen LogP) is 3.32. The molecule has 0 bridgehead atoms. The van der Waals surface area contributed by atoms with E-state index in [1.807, 2.05) is 13.8 Å². The molecule has 19 heavy (non-hydrogen) atoms. The third-order valence-electron chi connectivity index (χ3n) is 3.73. The number of likely N-dealkylation sites (N-methyl/N-ethyl adjacent to an activating group) is 1. The molecule has 0 amide bonds. The first kappa shape index (κ1) is 14.3. The van der Waals surface area contributed by atoms with Crippen LogP contribution in [-0.2, 0) is 17.5 Å². The third kappa shape index (κ3) is 2.62. The Hall–Kier alpha value is -1.07. The smallest absolute Gasteiger partial charge is 0.370 e. The fourth-order valence-corrected chi connectivity index (χ4v) is 2.65. The van der Waals surface area contributed by atoms with Crippen molar-refractivity contribution in [1.29, 1.82) is 0 Å². The second-order valence-corrected chi connectivity index (χ2v) is 5.37. The molecule has 1 N–H and O–H groups in total. The van der Waals surface area contributed by atoms with Crippen LogP contribution in [0.15, 0.2) is 18.2 Å². The van der Waals surface area contributed by atoms with Gasteiger partial charge < -0.3 is 10.1 Å². The Balaban J connectivity index is 2.53. The van der Waals surface area contributed by atoms with Crippen LogP contribution in [0.4, 0.5) is 13.2 Å². The Labute approximate surface area is 111 Å². The van der Waals surface area contributed by atoms with Gasteiger partial charge in [0.2, 0.25) is 0 Å². The average molecular weight is 273 g/mol. The number of halogens is 3. The molecule has 1 heterocycles. The molecule has 1 aliphatic heterocycles. The van der Waals surface area contributed by atoms with Crippen LogP contribution in [0.1, 0.15) is 36.5 Å². The van der Waals surface area contributed by atoms with Gasteiger partial charge in [0.1, 0.15) is 0 Å². The van der Waals surface area contributed by atoms with Gasteiger partial charge in [-0.1, -0.05) is 12.1 Å². The SMILES string of the molecule is CNCC1c2cccc(C(F)(F)F)c2COC1(C)C. The molecule has 2 nitrogen and oxygen atoms in total. The lowest BCUT2D eigenvalue weighted by atomic mass is 9.79. The number of hydrogen-bond donors (Lipinski definition) is 1. The zero-order chi connectivity index (χ0) is 14.3. The zero-order valence-corrected chi connectivity index (χ0v) is 11.3. The van der Waals surface area contributed by atoms with Crippen LogP contribution in [0, 0.1) is 0 Å². The lowest BCUT2D eigenvalue weighted by Gasteiger charge is -2.41. The summed E-state index contributed by atoms with van der Waals surface area (Å²) >= 11 is 0. The van der Waals surface area contributed by atoms with Gasteiger partial charge in [-0.2, -0.15) is 13.2 Å². The van der Waals surface area contributed by atoms with Gasteiger partial charge in [-0.3, -0.25) is 0 Å². The van der Waals surface area contributed by atoms with Crippen LogP contribution in [0.5, 0.6) is 0 Å². The number of hydrogen-bond acceptors (Lipinski definition) is 2. The topological polar surface area (TPSA) is 21.3 Å². The molecule has 0 radical (unpaired) electrons. The summed E-state index contributed by atoms with van der Waals surface area (Å²) in [5.74, 6) is -0.0939. The molecule has 0 aliphatic carbocycles. The highest BCUT2D eigenvalue weighted by Crippen LogP contribution is 2.43. The number of benzene rings is 1. The van der Waals surface area contributed by atoms with Crippen molar-refractivity contribution in [3.63, 3.8) is 0 Å². The summed E-state index contributed by atoms with van der Waals surface area (Å²) in [6.45, 7) is 4.43. The van der Waals surface area contributed by atoms with E-state index in [1.165, 1.54) is 6.07 Å². The standard InChI is InChI=1S/C14H18F3NO/c1-13(2)12(7-18-3)9-5-4-6-11(14(15,16)17)10(9)8-19-13/h4-6,12,18H,7-8H2,1-3H3. The van der Waals surface area contributed by atoms with Crippen molar-refractivity contribution >= 4 is 0 Å². The average Bonchev–Trinajstić information content (AvgIpc) is 2.31. The van der Waals surface area contributed by atoms with Gasteiger partial charge in [-0.05, 0) is 38.1 Å². The van der Waals surface area contributed by atoms with Crippen molar-refractivity contribution in [2.45, 2.75) is 38.1 Å². The maximum atomic E-state index is 13.0.